The Kier molecular flexibility index (Phi) is 5.09. The van der Waals surface area contributed by atoms with Crippen molar-refractivity contribution in [1.29, 1.82) is 0 Å². The number of halogens is 1. The van der Waals surface area contributed by atoms with E-state index in [2.05, 4.69) is 12.1 Å². The van der Waals surface area contributed by atoms with Crippen molar-refractivity contribution >= 4 is 23.0 Å². The fraction of sp³-hybridized carbons (Fsp3) is 0.318. The van der Waals surface area contributed by atoms with Crippen LogP contribution in [0, 0.1) is 5.92 Å². The summed E-state index contributed by atoms with van der Waals surface area (Å²) in [6.07, 6.45) is 4.10. The second-order valence-corrected chi connectivity index (χ2v) is 7.35. The molecular formula is C22H21ClO3. The number of allylic oxidation sites excluding steroid dienone is 1. The quantitative estimate of drug-likeness (QED) is 0.758. The van der Waals surface area contributed by atoms with Gasteiger partial charge in [-0.25, -0.2) is 0 Å². The molecule has 3 nitrogen and oxygen atoms in total. The first kappa shape index (κ1) is 17.3. The molecule has 4 heteroatoms. The molecule has 134 valence electrons. The van der Waals surface area contributed by atoms with E-state index in [0.717, 1.165) is 24.8 Å². The lowest BCUT2D eigenvalue weighted by Gasteiger charge is -2.37. The molecule has 0 spiro atoms. The van der Waals surface area contributed by atoms with Crippen LogP contribution in [0.4, 0.5) is 0 Å². The number of carbonyl (C=O) groups is 1. The SMILES string of the molecule is O=C1C(c2ccc(Cl)cc2)=COC2CC(OCc3ccccc3)CCC12. The van der Waals surface area contributed by atoms with Crippen LogP contribution in [-0.4, -0.2) is 18.0 Å². The fourth-order valence-electron chi connectivity index (χ4n) is 3.74. The topological polar surface area (TPSA) is 35.5 Å². The number of ketones is 1. The Labute approximate surface area is 158 Å². The van der Waals surface area contributed by atoms with Crippen molar-refractivity contribution in [2.75, 3.05) is 0 Å². The highest BCUT2D eigenvalue weighted by Gasteiger charge is 2.40. The van der Waals surface area contributed by atoms with Gasteiger partial charge in [-0.3, -0.25) is 4.79 Å². The second-order valence-electron chi connectivity index (χ2n) is 6.92. The van der Waals surface area contributed by atoms with Crippen LogP contribution in [0.3, 0.4) is 0 Å². The summed E-state index contributed by atoms with van der Waals surface area (Å²) in [4.78, 5) is 12.9. The summed E-state index contributed by atoms with van der Waals surface area (Å²) in [6.45, 7) is 0.600. The molecule has 0 amide bonds. The van der Waals surface area contributed by atoms with Gasteiger partial charge in [-0.05, 0) is 36.1 Å². The third-order valence-corrected chi connectivity index (χ3v) is 5.44. The first-order valence-corrected chi connectivity index (χ1v) is 9.40. The van der Waals surface area contributed by atoms with E-state index in [1.165, 1.54) is 5.56 Å². The Morgan fingerprint density at radius 2 is 1.81 bits per heavy atom. The Morgan fingerprint density at radius 1 is 1.04 bits per heavy atom. The predicted molar refractivity (Wildman–Crippen MR) is 102 cm³/mol. The molecule has 0 bridgehead atoms. The van der Waals surface area contributed by atoms with Gasteiger partial charge < -0.3 is 9.47 Å². The van der Waals surface area contributed by atoms with Crippen molar-refractivity contribution in [2.24, 2.45) is 5.92 Å². The average molecular weight is 369 g/mol. The molecule has 0 N–H and O–H groups in total. The minimum absolute atomic E-state index is 0.0812. The Morgan fingerprint density at radius 3 is 2.58 bits per heavy atom. The van der Waals surface area contributed by atoms with Gasteiger partial charge in [-0.2, -0.15) is 0 Å². The lowest BCUT2D eigenvalue weighted by molar-refractivity contribution is -0.128. The highest BCUT2D eigenvalue weighted by atomic mass is 35.5. The van der Waals surface area contributed by atoms with Gasteiger partial charge in [-0.15, -0.1) is 0 Å². The van der Waals surface area contributed by atoms with Crippen LogP contribution in [0.5, 0.6) is 0 Å². The van der Waals surface area contributed by atoms with Crippen LogP contribution in [0.15, 0.2) is 60.9 Å². The summed E-state index contributed by atoms with van der Waals surface area (Å²) in [5.41, 5.74) is 2.67. The number of hydrogen-bond acceptors (Lipinski definition) is 3. The molecule has 2 aliphatic rings. The largest absolute Gasteiger partial charge is 0.496 e. The smallest absolute Gasteiger partial charge is 0.173 e. The highest BCUT2D eigenvalue weighted by molar-refractivity contribution is 6.30. The monoisotopic (exact) mass is 368 g/mol. The zero-order valence-electron chi connectivity index (χ0n) is 14.4. The van der Waals surface area contributed by atoms with Crippen LogP contribution in [-0.2, 0) is 20.9 Å². The summed E-state index contributed by atoms with van der Waals surface area (Å²) in [5, 5.41) is 0.660. The molecule has 26 heavy (non-hydrogen) atoms. The van der Waals surface area contributed by atoms with Gasteiger partial charge in [0.25, 0.3) is 0 Å². The van der Waals surface area contributed by atoms with Crippen LogP contribution >= 0.6 is 11.6 Å². The Balaban J connectivity index is 1.40. The number of Topliss-reactive ketones (excluding diaryl/α,β-unsaturated/α-hetero) is 1. The van der Waals surface area contributed by atoms with E-state index >= 15 is 0 Å². The van der Waals surface area contributed by atoms with Crippen molar-refractivity contribution in [1.82, 2.24) is 0 Å². The molecule has 0 radical (unpaired) electrons. The second kappa shape index (κ2) is 7.65. The van der Waals surface area contributed by atoms with E-state index in [9.17, 15) is 4.79 Å². The molecule has 2 aromatic rings. The first-order valence-electron chi connectivity index (χ1n) is 9.02. The van der Waals surface area contributed by atoms with Gasteiger partial charge in [0.2, 0.25) is 0 Å². The standard InChI is InChI=1S/C22H21ClO3/c23-17-8-6-16(7-9-17)20-14-26-21-12-18(10-11-19(21)22(20)24)25-13-15-4-2-1-3-5-15/h1-9,14,18-19,21H,10-13H2. The van der Waals surface area contributed by atoms with Crippen molar-refractivity contribution in [2.45, 2.75) is 38.1 Å². The minimum Gasteiger partial charge on any atom is -0.496 e. The highest BCUT2D eigenvalue weighted by Crippen LogP contribution is 2.37. The zero-order chi connectivity index (χ0) is 17.9. The predicted octanol–water partition coefficient (Wildman–Crippen LogP) is 5.03. The average Bonchev–Trinajstić information content (AvgIpc) is 2.68. The Hall–Kier alpha value is -2.10. The minimum atomic E-state index is -0.0897. The fourth-order valence-corrected chi connectivity index (χ4v) is 3.86. The van der Waals surface area contributed by atoms with E-state index in [1.807, 2.05) is 30.3 Å². The van der Waals surface area contributed by atoms with Crippen LogP contribution in [0.2, 0.25) is 5.02 Å². The van der Waals surface area contributed by atoms with Gasteiger partial charge in [-0.1, -0.05) is 54.1 Å². The normalized spacial score (nSPS) is 25.2. The maximum atomic E-state index is 12.9. The van der Waals surface area contributed by atoms with Crippen molar-refractivity contribution < 1.29 is 14.3 Å². The number of carbonyl (C=O) groups excluding carboxylic acids is 1. The molecule has 1 aliphatic carbocycles. The molecule has 3 unspecified atom stereocenters. The number of ether oxygens (including phenoxy) is 2. The first-order chi connectivity index (χ1) is 12.7. The summed E-state index contributed by atoms with van der Waals surface area (Å²) >= 11 is 5.94. The molecule has 0 aromatic heterocycles. The molecule has 1 saturated carbocycles. The van der Waals surface area contributed by atoms with E-state index in [0.29, 0.717) is 17.2 Å². The number of fused-ring (bicyclic) bond motifs is 1. The van der Waals surface area contributed by atoms with Gasteiger partial charge in [0.05, 0.1) is 30.5 Å². The van der Waals surface area contributed by atoms with Crippen LogP contribution < -0.4 is 0 Å². The molecular weight excluding hydrogens is 348 g/mol. The summed E-state index contributed by atoms with van der Waals surface area (Å²) < 4.78 is 12.0. The van der Waals surface area contributed by atoms with Crippen LogP contribution in [0.25, 0.3) is 5.57 Å². The van der Waals surface area contributed by atoms with E-state index < -0.39 is 0 Å². The van der Waals surface area contributed by atoms with E-state index in [-0.39, 0.29) is 23.9 Å². The Bertz CT molecular complexity index is 798. The third kappa shape index (κ3) is 3.69. The lowest BCUT2D eigenvalue weighted by Crippen LogP contribution is -2.41. The van der Waals surface area contributed by atoms with Gasteiger partial charge in [0.15, 0.2) is 5.78 Å². The van der Waals surface area contributed by atoms with Gasteiger partial charge in [0, 0.05) is 11.4 Å². The third-order valence-electron chi connectivity index (χ3n) is 5.19. The molecule has 2 aromatic carbocycles. The molecule has 0 saturated heterocycles. The van der Waals surface area contributed by atoms with Crippen molar-refractivity contribution in [3.63, 3.8) is 0 Å². The molecule has 1 heterocycles. The zero-order valence-corrected chi connectivity index (χ0v) is 15.2. The molecule has 1 fully saturated rings. The summed E-state index contributed by atoms with van der Waals surface area (Å²) in [6, 6.07) is 17.5. The summed E-state index contributed by atoms with van der Waals surface area (Å²) in [5.74, 6) is 0.0901. The van der Waals surface area contributed by atoms with Crippen molar-refractivity contribution in [3.8, 4) is 0 Å². The maximum Gasteiger partial charge on any atom is 0.173 e. The maximum absolute atomic E-state index is 12.9. The van der Waals surface area contributed by atoms with Gasteiger partial charge in [0.1, 0.15) is 6.10 Å². The lowest BCUT2D eigenvalue weighted by atomic mass is 9.78. The molecule has 3 atom stereocenters. The van der Waals surface area contributed by atoms with Crippen LogP contribution in [0.1, 0.15) is 30.4 Å². The van der Waals surface area contributed by atoms with Crippen molar-refractivity contribution in [3.05, 3.63) is 77.0 Å². The molecule has 1 aliphatic heterocycles. The number of rotatable bonds is 4. The van der Waals surface area contributed by atoms with Gasteiger partial charge >= 0.3 is 0 Å². The number of benzene rings is 2. The van der Waals surface area contributed by atoms with E-state index in [4.69, 9.17) is 21.1 Å². The van der Waals surface area contributed by atoms with E-state index in [1.54, 1.807) is 18.4 Å². The number of hydrogen-bond donors (Lipinski definition) is 0. The summed E-state index contributed by atoms with van der Waals surface area (Å²) in [7, 11) is 0. The molecule has 4 rings (SSSR count).